The fraction of sp³-hybridized carbons (Fsp3) is 0.429. The molecule has 3 N–H and O–H groups in total. The summed E-state index contributed by atoms with van der Waals surface area (Å²) in [5, 5.41) is 3.44. The number of hydrogen-bond donors (Lipinski definition) is 3. The van der Waals surface area contributed by atoms with Gasteiger partial charge < -0.3 is 10.1 Å². The zero-order valence-electron chi connectivity index (χ0n) is 11.8. The van der Waals surface area contributed by atoms with Crippen LogP contribution in [0.3, 0.4) is 0 Å². The molecule has 1 heterocycles. The molecule has 120 valence electrons. The van der Waals surface area contributed by atoms with Crippen LogP contribution in [-0.2, 0) is 16.0 Å². The van der Waals surface area contributed by atoms with Crippen LogP contribution in [0.5, 0.6) is 0 Å². The van der Waals surface area contributed by atoms with Gasteiger partial charge in [0.1, 0.15) is 5.82 Å². The van der Waals surface area contributed by atoms with Crippen molar-refractivity contribution in [2.24, 2.45) is 0 Å². The van der Waals surface area contributed by atoms with Crippen LogP contribution >= 0.6 is 23.8 Å². The Morgan fingerprint density at radius 1 is 1.45 bits per heavy atom. The van der Waals surface area contributed by atoms with Gasteiger partial charge in [0.05, 0.1) is 12.5 Å². The van der Waals surface area contributed by atoms with Gasteiger partial charge in [-0.05, 0) is 37.2 Å². The topological polar surface area (TPSA) is 62.4 Å². The van der Waals surface area contributed by atoms with Crippen molar-refractivity contribution in [1.29, 1.82) is 0 Å². The Morgan fingerprint density at radius 2 is 2.27 bits per heavy atom. The smallest absolute Gasteiger partial charge is 0.242 e. The summed E-state index contributed by atoms with van der Waals surface area (Å²) in [7, 11) is 0. The van der Waals surface area contributed by atoms with Crippen molar-refractivity contribution in [3.63, 3.8) is 0 Å². The van der Waals surface area contributed by atoms with Crippen LogP contribution in [0.4, 0.5) is 4.39 Å². The standard InChI is InChI=1S/C14H17ClFN3O2S/c15-11-4-1-5-12(16)10(11)7-13(20)18-19-14(22)17-8-9-3-2-6-21-9/h1,4-5,9H,2-3,6-8H2,(H,18,20)(H2,17,19,22)/t9-/m1/s1. The highest BCUT2D eigenvalue weighted by atomic mass is 35.5. The van der Waals surface area contributed by atoms with Gasteiger partial charge in [-0.2, -0.15) is 0 Å². The molecule has 0 bridgehead atoms. The number of thiocarbonyl (C=S) groups is 1. The first-order valence-electron chi connectivity index (χ1n) is 6.93. The molecule has 0 saturated carbocycles. The maximum atomic E-state index is 13.6. The molecule has 1 aliphatic heterocycles. The highest BCUT2D eigenvalue weighted by Crippen LogP contribution is 2.19. The molecule has 0 radical (unpaired) electrons. The molecule has 1 aromatic rings. The average Bonchev–Trinajstić information content (AvgIpc) is 3.00. The van der Waals surface area contributed by atoms with Crippen molar-refractivity contribution < 1.29 is 13.9 Å². The van der Waals surface area contributed by atoms with E-state index in [-0.39, 0.29) is 28.2 Å². The van der Waals surface area contributed by atoms with Crippen molar-refractivity contribution in [3.8, 4) is 0 Å². The normalized spacial score (nSPS) is 17.1. The van der Waals surface area contributed by atoms with E-state index in [1.54, 1.807) is 0 Å². The molecule has 1 atom stereocenters. The lowest BCUT2D eigenvalue weighted by molar-refractivity contribution is -0.121. The van der Waals surface area contributed by atoms with Gasteiger partial charge in [0.2, 0.25) is 5.91 Å². The molecule has 8 heteroatoms. The average molecular weight is 346 g/mol. The summed E-state index contributed by atoms with van der Waals surface area (Å²) in [6.07, 6.45) is 2.01. The molecule has 0 unspecified atom stereocenters. The Kier molecular flexibility index (Phi) is 6.35. The third kappa shape index (κ3) is 5.08. The number of hydrazine groups is 1. The summed E-state index contributed by atoms with van der Waals surface area (Å²) in [5.41, 5.74) is 5.12. The van der Waals surface area contributed by atoms with E-state index in [0.717, 1.165) is 19.4 Å². The third-order valence-electron chi connectivity index (χ3n) is 3.23. The zero-order chi connectivity index (χ0) is 15.9. The van der Waals surface area contributed by atoms with E-state index in [2.05, 4.69) is 16.2 Å². The molecule has 1 saturated heterocycles. The Morgan fingerprint density at radius 3 is 2.95 bits per heavy atom. The van der Waals surface area contributed by atoms with E-state index in [4.69, 9.17) is 28.6 Å². The molecule has 1 aromatic carbocycles. The first-order chi connectivity index (χ1) is 10.6. The third-order valence-corrected chi connectivity index (χ3v) is 3.83. The minimum atomic E-state index is -0.512. The van der Waals surface area contributed by atoms with E-state index < -0.39 is 11.7 Å². The quantitative estimate of drug-likeness (QED) is 0.572. The van der Waals surface area contributed by atoms with Gasteiger partial charge >= 0.3 is 0 Å². The number of hydrogen-bond acceptors (Lipinski definition) is 3. The van der Waals surface area contributed by atoms with Crippen molar-refractivity contribution in [2.75, 3.05) is 13.2 Å². The van der Waals surface area contributed by atoms with E-state index in [0.29, 0.717) is 6.54 Å². The minimum absolute atomic E-state index is 0.146. The van der Waals surface area contributed by atoms with Gasteiger partial charge in [0, 0.05) is 23.7 Å². The molecule has 1 fully saturated rings. The SMILES string of the molecule is O=C(Cc1c(F)cccc1Cl)NNC(=S)NC[C@H]1CCCO1. The first-order valence-corrected chi connectivity index (χ1v) is 7.72. The second-order valence-electron chi connectivity index (χ2n) is 4.90. The van der Waals surface area contributed by atoms with E-state index in [1.807, 2.05) is 0 Å². The van der Waals surface area contributed by atoms with Crippen molar-refractivity contribution >= 4 is 34.8 Å². The first kappa shape index (κ1) is 16.9. The highest BCUT2D eigenvalue weighted by molar-refractivity contribution is 7.80. The van der Waals surface area contributed by atoms with Crippen LogP contribution < -0.4 is 16.2 Å². The molecular formula is C14H17ClFN3O2S. The lowest BCUT2D eigenvalue weighted by Gasteiger charge is -2.14. The summed E-state index contributed by atoms with van der Waals surface area (Å²) in [4.78, 5) is 11.8. The van der Waals surface area contributed by atoms with Crippen LogP contribution in [0.15, 0.2) is 18.2 Å². The lowest BCUT2D eigenvalue weighted by atomic mass is 10.1. The van der Waals surface area contributed by atoms with Gasteiger partial charge in [-0.15, -0.1) is 0 Å². The van der Waals surface area contributed by atoms with Crippen LogP contribution in [0.25, 0.3) is 0 Å². The van der Waals surface area contributed by atoms with Crippen molar-refractivity contribution in [3.05, 3.63) is 34.6 Å². The molecular weight excluding hydrogens is 329 g/mol. The molecule has 0 aliphatic carbocycles. The van der Waals surface area contributed by atoms with Crippen LogP contribution in [-0.4, -0.2) is 30.3 Å². The summed E-state index contributed by atoms with van der Waals surface area (Å²) < 4.78 is 19.0. The number of rotatable bonds is 4. The second-order valence-corrected chi connectivity index (χ2v) is 5.71. The van der Waals surface area contributed by atoms with E-state index >= 15 is 0 Å². The van der Waals surface area contributed by atoms with Gasteiger partial charge in [-0.1, -0.05) is 17.7 Å². The number of ether oxygens (including phenoxy) is 1. The molecule has 1 amide bonds. The van der Waals surface area contributed by atoms with Gasteiger partial charge in [-0.3, -0.25) is 15.6 Å². The maximum absolute atomic E-state index is 13.6. The predicted octanol–water partition coefficient (Wildman–Crippen LogP) is 1.70. The van der Waals surface area contributed by atoms with Gasteiger partial charge in [0.15, 0.2) is 5.11 Å². The zero-order valence-corrected chi connectivity index (χ0v) is 13.4. The predicted molar refractivity (Wildman–Crippen MR) is 86.0 cm³/mol. The molecule has 22 heavy (non-hydrogen) atoms. The summed E-state index contributed by atoms with van der Waals surface area (Å²) >= 11 is 10.9. The molecule has 0 aromatic heterocycles. The molecule has 2 rings (SSSR count). The number of carbonyl (C=O) groups is 1. The van der Waals surface area contributed by atoms with Gasteiger partial charge in [0.25, 0.3) is 0 Å². The highest BCUT2D eigenvalue weighted by Gasteiger charge is 2.15. The van der Waals surface area contributed by atoms with E-state index in [1.165, 1.54) is 18.2 Å². The van der Waals surface area contributed by atoms with Crippen LogP contribution in [0.2, 0.25) is 5.02 Å². The molecule has 5 nitrogen and oxygen atoms in total. The number of benzene rings is 1. The Labute approximate surface area is 138 Å². The summed E-state index contributed by atoms with van der Waals surface area (Å²) in [5.74, 6) is -0.949. The molecule has 1 aliphatic rings. The molecule has 0 spiro atoms. The maximum Gasteiger partial charge on any atom is 0.242 e. The summed E-state index contributed by atoms with van der Waals surface area (Å²) in [6, 6.07) is 4.28. The van der Waals surface area contributed by atoms with Crippen molar-refractivity contribution in [1.82, 2.24) is 16.2 Å². The Hall–Kier alpha value is -1.44. The van der Waals surface area contributed by atoms with Crippen LogP contribution in [0, 0.1) is 5.82 Å². The number of nitrogens with one attached hydrogen (secondary N) is 3. The second kappa shape index (κ2) is 8.26. The minimum Gasteiger partial charge on any atom is -0.376 e. The largest absolute Gasteiger partial charge is 0.376 e. The fourth-order valence-corrected chi connectivity index (χ4v) is 2.45. The monoisotopic (exact) mass is 345 g/mol. The van der Waals surface area contributed by atoms with Gasteiger partial charge in [-0.25, -0.2) is 4.39 Å². The summed E-state index contributed by atoms with van der Waals surface area (Å²) in [6.45, 7) is 1.35. The van der Waals surface area contributed by atoms with Crippen molar-refractivity contribution in [2.45, 2.75) is 25.4 Å². The Balaban J connectivity index is 1.71. The van der Waals surface area contributed by atoms with Crippen LogP contribution in [0.1, 0.15) is 18.4 Å². The fourth-order valence-electron chi connectivity index (χ4n) is 2.09. The lowest BCUT2D eigenvalue weighted by Crippen LogP contribution is -2.48. The number of carbonyl (C=O) groups excluding carboxylic acids is 1. The number of amides is 1. The number of halogens is 2. The Bertz CT molecular complexity index is 533. The van der Waals surface area contributed by atoms with E-state index in [9.17, 15) is 9.18 Å².